The molecule has 0 saturated carbocycles. The summed E-state index contributed by atoms with van der Waals surface area (Å²) < 4.78 is 16.0. The average molecular weight is 444 g/mol. The highest BCUT2D eigenvalue weighted by Crippen LogP contribution is 2.35. The van der Waals surface area contributed by atoms with E-state index in [1.165, 1.54) is 0 Å². The predicted octanol–water partition coefficient (Wildman–Crippen LogP) is 2.31. The second-order valence-corrected chi connectivity index (χ2v) is 7.47. The maximum Gasteiger partial charge on any atom is 0.308 e. The van der Waals surface area contributed by atoms with Crippen LogP contribution in [-0.2, 0) is 23.9 Å². The first-order valence-corrected chi connectivity index (χ1v) is 10.8. The lowest BCUT2D eigenvalue weighted by molar-refractivity contribution is -0.148. The molecular weight excluding hydrogens is 416 g/mol. The molecule has 2 aliphatic rings. The lowest BCUT2D eigenvalue weighted by Crippen LogP contribution is -2.33. The molecule has 1 saturated heterocycles. The van der Waals surface area contributed by atoms with Crippen molar-refractivity contribution in [3.63, 3.8) is 0 Å². The van der Waals surface area contributed by atoms with Gasteiger partial charge in [-0.15, -0.1) is 0 Å². The number of nitrogens with one attached hydrogen (secondary N) is 1. The molecule has 9 nitrogen and oxygen atoms in total. The molecule has 0 radical (unpaired) electrons. The Labute approximate surface area is 186 Å². The zero-order chi connectivity index (χ0) is 23.1. The number of rotatable bonds is 10. The Kier molecular flexibility index (Phi) is 7.86. The van der Waals surface area contributed by atoms with Gasteiger partial charge >= 0.3 is 5.97 Å². The summed E-state index contributed by atoms with van der Waals surface area (Å²) in [4.78, 5) is 50.1. The first kappa shape index (κ1) is 23.3. The number of amides is 3. The van der Waals surface area contributed by atoms with E-state index in [1.807, 2.05) is 26.0 Å². The van der Waals surface area contributed by atoms with Crippen LogP contribution in [0.15, 0.2) is 30.4 Å². The summed E-state index contributed by atoms with van der Waals surface area (Å²) >= 11 is 0. The van der Waals surface area contributed by atoms with Crippen molar-refractivity contribution < 1.29 is 33.4 Å². The van der Waals surface area contributed by atoms with E-state index >= 15 is 0 Å². The van der Waals surface area contributed by atoms with Crippen molar-refractivity contribution in [1.29, 1.82) is 0 Å². The number of benzene rings is 1. The third-order valence-electron chi connectivity index (χ3n) is 5.33. The maximum atomic E-state index is 12.4. The highest BCUT2D eigenvalue weighted by atomic mass is 16.5. The number of hydrogen-bond acceptors (Lipinski definition) is 7. The Bertz CT molecular complexity index is 886. The van der Waals surface area contributed by atoms with Crippen molar-refractivity contribution in [2.24, 2.45) is 11.8 Å². The van der Waals surface area contributed by atoms with Crippen molar-refractivity contribution >= 4 is 29.4 Å². The van der Waals surface area contributed by atoms with E-state index in [2.05, 4.69) is 5.32 Å². The van der Waals surface area contributed by atoms with Gasteiger partial charge in [-0.1, -0.05) is 12.2 Å². The SMILES string of the molecule is CCOc1ccc(NC(=O)COC(=O)CCN2C(=O)[C@H]3CC=CC[C@H]3C2=O)cc1OCC. The lowest BCUT2D eigenvalue weighted by Gasteiger charge is -2.14. The molecule has 0 aromatic heterocycles. The minimum Gasteiger partial charge on any atom is -0.490 e. The van der Waals surface area contributed by atoms with Crippen LogP contribution in [0.3, 0.4) is 0 Å². The van der Waals surface area contributed by atoms with Gasteiger partial charge in [0.25, 0.3) is 5.91 Å². The molecule has 32 heavy (non-hydrogen) atoms. The van der Waals surface area contributed by atoms with E-state index in [9.17, 15) is 19.2 Å². The van der Waals surface area contributed by atoms with Gasteiger partial charge in [0.1, 0.15) is 0 Å². The molecule has 1 aromatic rings. The molecule has 0 unspecified atom stereocenters. The van der Waals surface area contributed by atoms with Crippen molar-refractivity contribution in [2.75, 3.05) is 31.7 Å². The molecule has 2 atom stereocenters. The first-order valence-electron chi connectivity index (χ1n) is 10.8. The fraction of sp³-hybridized carbons (Fsp3) is 0.478. The summed E-state index contributed by atoms with van der Waals surface area (Å²) in [5, 5.41) is 2.63. The number of carbonyl (C=O) groups is 4. The third-order valence-corrected chi connectivity index (χ3v) is 5.33. The molecule has 1 heterocycles. The second-order valence-electron chi connectivity index (χ2n) is 7.47. The zero-order valence-electron chi connectivity index (χ0n) is 18.3. The standard InChI is InChI=1S/C23H28N2O7/c1-3-30-18-10-9-15(13-19(18)31-4-2)24-20(26)14-32-21(27)11-12-25-22(28)16-7-5-6-8-17(16)23(25)29/h5-6,9-10,13,16-17H,3-4,7-8,11-12,14H2,1-2H3,(H,24,26)/t16-,17+. The van der Waals surface area contributed by atoms with Crippen LogP contribution in [0.2, 0.25) is 0 Å². The smallest absolute Gasteiger partial charge is 0.308 e. The van der Waals surface area contributed by atoms with Crippen LogP contribution in [0.1, 0.15) is 33.1 Å². The average Bonchev–Trinajstić information content (AvgIpc) is 3.03. The van der Waals surface area contributed by atoms with Gasteiger partial charge in [0.15, 0.2) is 18.1 Å². The third kappa shape index (κ3) is 5.46. The molecule has 0 bridgehead atoms. The highest BCUT2D eigenvalue weighted by molar-refractivity contribution is 6.05. The number of likely N-dealkylation sites (tertiary alicyclic amines) is 1. The highest BCUT2D eigenvalue weighted by Gasteiger charge is 2.46. The summed E-state index contributed by atoms with van der Waals surface area (Å²) in [7, 11) is 0. The number of anilines is 1. The minimum absolute atomic E-state index is 0.0400. The van der Waals surface area contributed by atoms with Crippen molar-refractivity contribution in [2.45, 2.75) is 33.1 Å². The van der Waals surface area contributed by atoms with Crippen molar-refractivity contribution in [3.05, 3.63) is 30.4 Å². The summed E-state index contributed by atoms with van der Waals surface area (Å²) in [5.74, 6) is -1.24. The van der Waals surface area contributed by atoms with Gasteiger partial charge in [0, 0.05) is 18.3 Å². The van der Waals surface area contributed by atoms with Crippen LogP contribution in [0.25, 0.3) is 0 Å². The monoisotopic (exact) mass is 444 g/mol. The topological polar surface area (TPSA) is 111 Å². The summed E-state index contributed by atoms with van der Waals surface area (Å²) in [6.45, 7) is 4.10. The number of esters is 1. The molecule has 1 aliphatic carbocycles. The Morgan fingerprint density at radius 1 is 1.00 bits per heavy atom. The Morgan fingerprint density at radius 3 is 2.25 bits per heavy atom. The van der Waals surface area contributed by atoms with Gasteiger partial charge in [-0.3, -0.25) is 24.1 Å². The molecule has 1 aliphatic heterocycles. The molecule has 1 fully saturated rings. The first-order chi connectivity index (χ1) is 15.4. The molecule has 1 N–H and O–H groups in total. The van der Waals surface area contributed by atoms with Gasteiger partial charge in [0.2, 0.25) is 11.8 Å². The number of carbonyl (C=O) groups excluding carboxylic acids is 4. The van der Waals surface area contributed by atoms with E-state index in [0.717, 1.165) is 4.90 Å². The second kappa shape index (κ2) is 10.8. The number of ether oxygens (including phenoxy) is 3. The zero-order valence-corrected chi connectivity index (χ0v) is 18.3. The van der Waals surface area contributed by atoms with Gasteiger partial charge in [-0.05, 0) is 38.8 Å². The molecule has 3 rings (SSSR count). The van der Waals surface area contributed by atoms with Crippen molar-refractivity contribution in [1.82, 2.24) is 4.90 Å². The Morgan fingerprint density at radius 2 is 1.62 bits per heavy atom. The largest absolute Gasteiger partial charge is 0.490 e. The fourth-order valence-electron chi connectivity index (χ4n) is 3.84. The van der Waals surface area contributed by atoms with E-state index < -0.39 is 18.5 Å². The van der Waals surface area contributed by atoms with E-state index in [4.69, 9.17) is 14.2 Å². The van der Waals surface area contributed by atoms with Gasteiger partial charge < -0.3 is 19.5 Å². The van der Waals surface area contributed by atoms with Crippen LogP contribution >= 0.6 is 0 Å². The number of imide groups is 1. The van der Waals surface area contributed by atoms with Gasteiger partial charge in [-0.2, -0.15) is 0 Å². The number of nitrogens with zero attached hydrogens (tertiary/aromatic N) is 1. The Hall–Kier alpha value is -3.36. The Balaban J connectivity index is 1.45. The summed E-state index contributed by atoms with van der Waals surface area (Å²) in [6, 6.07) is 4.98. The van der Waals surface area contributed by atoms with E-state index in [0.29, 0.717) is 43.2 Å². The van der Waals surface area contributed by atoms with E-state index in [-0.39, 0.29) is 36.6 Å². The fourth-order valence-corrected chi connectivity index (χ4v) is 3.84. The van der Waals surface area contributed by atoms with Crippen LogP contribution < -0.4 is 14.8 Å². The van der Waals surface area contributed by atoms with Gasteiger partial charge in [-0.25, -0.2) is 0 Å². The molecule has 1 aromatic carbocycles. The number of fused-ring (bicyclic) bond motifs is 1. The predicted molar refractivity (Wildman–Crippen MR) is 115 cm³/mol. The minimum atomic E-state index is -0.657. The van der Waals surface area contributed by atoms with E-state index in [1.54, 1.807) is 18.2 Å². The van der Waals surface area contributed by atoms with Gasteiger partial charge in [0.05, 0.1) is 31.5 Å². The number of hydrogen-bond donors (Lipinski definition) is 1. The van der Waals surface area contributed by atoms with Crippen molar-refractivity contribution in [3.8, 4) is 11.5 Å². The summed E-state index contributed by atoms with van der Waals surface area (Å²) in [6.07, 6.45) is 4.75. The normalized spacial score (nSPS) is 19.5. The molecule has 0 spiro atoms. The number of allylic oxidation sites excluding steroid dienone is 2. The molecule has 9 heteroatoms. The molecular formula is C23H28N2O7. The van der Waals surface area contributed by atoms with Crippen LogP contribution in [0, 0.1) is 11.8 Å². The maximum absolute atomic E-state index is 12.4. The van der Waals surface area contributed by atoms with Crippen LogP contribution in [0.5, 0.6) is 11.5 Å². The quantitative estimate of drug-likeness (QED) is 0.335. The summed E-state index contributed by atoms with van der Waals surface area (Å²) in [5.41, 5.74) is 0.474. The van der Waals surface area contributed by atoms with Crippen LogP contribution in [-0.4, -0.2) is 55.0 Å². The lowest BCUT2D eigenvalue weighted by atomic mass is 9.85. The molecule has 3 amide bonds. The molecule has 172 valence electrons. The van der Waals surface area contributed by atoms with Crippen LogP contribution in [0.4, 0.5) is 5.69 Å².